The molecule has 3 rings (SSSR count). The van der Waals surface area contributed by atoms with Crippen molar-refractivity contribution in [3.05, 3.63) is 69.2 Å². The van der Waals surface area contributed by atoms with Gasteiger partial charge in [0.15, 0.2) is 0 Å². The van der Waals surface area contributed by atoms with Gasteiger partial charge in [-0.1, -0.05) is 94.0 Å². The highest BCUT2D eigenvalue weighted by Crippen LogP contribution is 2.42. The van der Waals surface area contributed by atoms with Gasteiger partial charge in [0.05, 0.1) is 18.7 Å². The molecule has 1 amide bonds. The summed E-state index contributed by atoms with van der Waals surface area (Å²) in [5.41, 5.74) is 1.02. The van der Waals surface area contributed by atoms with E-state index in [2.05, 4.69) is 6.92 Å². The molecule has 2 aromatic rings. The summed E-state index contributed by atoms with van der Waals surface area (Å²) in [5.74, 6) is -0.948. The lowest BCUT2D eigenvalue weighted by molar-refractivity contribution is -0.139. The minimum Gasteiger partial charge on any atom is -0.507 e. The summed E-state index contributed by atoms with van der Waals surface area (Å²) in [7, 11) is 1.55. The van der Waals surface area contributed by atoms with E-state index in [9.17, 15) is 14.7 Å². The van der Waals surface area contributed by atoms with Gasteiger partial charge < -0.3 is 14.7 Å². The Kier molecular flexibility index (Phi) is 11.3. The fourth-order valence-electron chi connectivity index (χ4n) is 4.83. The van der Waals surface area contributed by atoms with E-state index in [1.54, 1.807) is 49.6 Å². The molecular formula is C30H37Cl2NO4. The first-order valence-corrected chi connectivity index (χ1v) is 14.0. The minimum absolute atomic E-state index is 0.0338. The Hall–Kier alpha value is -2.50. The zero-order valence-electron chi connectivity index (χ0n) is 21.8. The maximum atomic E-state index is 13.2. The molecular weight excluding hydrogens is 509 g/mol. The van der Waals surface area contributed by atoms with Crippen molar-refractivity contribution in [3.8, 4) is 5.75 Å². The van der Waals surface area contributed by atoms with Gasteiger partial charge >= 0.3 is 0 Å². The van der Waals surface area contributed by atoms with Gasteiger partial charge in [0.25, 0.3) is 11.7 Å². The maximum absolute atomic E-state index is 13.2. The number of aliphatic hydroxyl groups is 1. The average Bonchev–Trinajstić information content (AvgIpc) is 3.14. The first-order valence-electron chi connectivity index (χ1n) is 13.3. The molecule has 0 bridgehead atoms. The fraction of sp³-hybridized carbons (Fsp3) is 0.467. The minimum atomic E-state index is -0.787. The number of Topliss-reactive ketones (excluding diaryl/α,β-unsaturated/α-hetero) is 1. The van der Waals surface area contributed by atoms with E-state index < -0.39 is 17.7 Å². The summed E-state index contributed by atoms with van der Waals surface area (Å²) in [6, 6.07) is 10.9. The van der Waals surface area contributed by atoms with Gasteiger partial charge in [-0.15, -0.1) is 0 Å². The van der Waals surface area contributed by atoms with E-state index in [4.69, 9.17) is 27.9 Å². The standard InChI is InChI=1S/C30H37Cl2NO4/c1-3-4-5-6-7-8-9-10-11-12-19-33-27(24-18-15-22(31)20-25(24)32)26(29(35)30(33)36)28(34)21-13-16-23(37-2)17-14-21/h13-18,20,27,34H,3-12,19H2,1-2H3/t27-/m1/s1. The van der Waals surface area contributed by atoms with Crippen LogP contribution in [0.4, 0.5) is 0 Å². The summed E-state index contributed by atoms with van der Waals surface area (Å²) in [5, 5.41) is 12.0. The average molecular weight is 547 g/mol. The lowest BCUT2D eigenvalue weighted by Crippen LogP contribution is -2.30. The molecule has 0 radical (unpaired) electrons. The summed E-state index contributed by atoms with van der Waals surface area (Å²) < 4.78 is 5.19. The highest BCUT2D eigenvalue weighted by atomic mass is 35.5. The largest absolute Gasteiger partial charge is 0.507 e. The SMILES string of the molecule is CCCCCCCCCCCCN1C(=O)C(=O)C(=C(O)c2ccc(OC)cc2)[C@H]1c1ccc(Cl)cc1Cl. The van der Waals surface area contributed by atoms with Crippen LogP contribution in [0, 0.1) is 0 Å². The number of aliphatic hydroxyl groups excluding tert-OH is 1. The third kappa shape index (κ3) is 7.52. The van der Waals surface area contributed by atoms with Crippen molar-refractivity contribution in [1.82, 2.24) is 4.90 Å². The molecule has 0 unspecified atom stereocenters. The Bertz CT molecular complexity index is 1100. The molecule has 37 heavy (non-hydrogen) atoms. The Morgan fingerprint density at radius 1 is 0.892 bits per heavy atom. The predicted molar refractivity (Wildman–Crippen MR) is 150 cm³/mol. The number of benzene rings is 2. The number of rotatable bonds is 14. The second-order valence-corrected chi connectivity index (χ2v) is 10.4. The molecule has 1 fully saturated rings. The van der Waals surface area contributed by atoms with Gasteiger partial charge in [-0.3, -0.25) is 9.59 Å². The van der Waals surface area contributed by atoms with Crippen molar-refractivity contribution in [2.24, 2.45) is 0 Å². The van der Waals surface area contributed by atoms with E-state index in [0.29, 0.717) is 33.5 Å². The molecule has 0 aromatic heterocycles. The van der Waals surface area contributed by atoms with Crippen LogP contribution < -0.4 is 4.74 Å². The van der Waals surface area contributed by atoms with Crippen molar-refractivity contribution in [3.63, 3.8) is 0 Å². The maximum Gasteiger partial charge on any atom is 0.295 e. The van der Waals surface area contributed by atoms with Gasteiger partial charge in [0.2, 0.25) is 0 Å². The summed E-state index contributed by atoms with van der Waals surface area (Å²) >= 11 is 12.7. The van der Waals surface area contributed by atoms with Crippen LogP contribution in [0.2, 0.25) is 10.0 Å². The van der Waals surface area contributed by atoms with Gasteiger partial charge in [0.1, 0.15) is 11.5 Å². The molecule has 7 heteroatoms. The van der Waals surface area contributed by atoms with Crippen molar-refractivity contribution in [2.45, 2.75) is 77.2 Å². The van der Waals surface area contributed by atoms with Gasteiger partial charge in [0, 0.05) is 22.2 Å². The van der Waals surface area contributed by atoms with Crippen molar-refractivity contribution in [1.29, 1.82) is 0 Å². The molecule has 1 aliphatic rings. The number of nitrogens with zero attached hydrogens (tertiary/aromatic N) is 1. The summed E-state index contributed by atoms with van der Waals surface area (Å²) in [6.07, 6.45) is 11.7. The number of ether oxygens (including phenoxy) is 1. The number of hydrogen-bond donors (Lipinski definition) is 1. The molecule has 1 heterocycles. The van der Waals surface area contributed by atoms with E-state index in [0.717, 1.165) is 19.3 Å². The smallest absolute Gasteiger partial charge is 0.295 e. The normalized spacial score (nSPS) is 17.0. The zero-order chi connectivity index (χ0) is 26.8. The van der Waals surface area contributed by atoms with Gasteiger partial charge in [-0.05, 0) is 48.4 Å². The first kappa shape index (κ1) is 29.1. The van der Waals surface area contributed by atoms with E-state index >= 15 is 0 Å². The predicted octanol–water partition coefficient (Wildman–Crippen LogP) is 8.34. The second-order valence-electron chi connectivity index (χ2n) is 9.57. The van der Waals surface area contributed by atoms with Gasteiger partial charge in [-0.2, -0.15) is 0 Å². The van der Waals surface area contributed by atoms with Crippen LogP contribution >= 0.6 is 23.2 Å². The number of hydrogen-bond acceptors (Lipinski definition) is 4. The number of methoxy groups -OCH3 is 1. The molecule has 1 saturated heterocycles. The van der Waals surface area contributed by atoms with Crippen LogP contribution in [0.15, 0.2) is 48.0 Å². The number of likely N-dealkylation sites (tertiary alicyclic amines) is 1. The van der Waals surface area contributed by atoms with Crippen LogP contribution in [0.5, 0.6) is 5.75 Å². The highest BCUT2D eigenvalue weighted by molar-refractivity contribution is 6.47. The Labute approximate surface area is 230 Å². The van der Waals surface area contributed by atoms with Crippen LogP contribution in [-0.2, 0) is 9.59 Å². The number of ketones is 1. The molecule has 0 saturated carbocycles. The summed E-state index contributed by atoms with van der Waals surface area (Å²) in [6.45, 7) is 2.63. The quantitative estimate of drug-likeness (QED) is 0.112. The molecule has 5 nitrogen and oxygen atoms in total. The van der Waals surface area contributed by atoms with E-state index in [1.165, 1.54) is 49.8 Å². The van der Waals surface area contributed by atoms with Crippen molar-refractivity contribution < 1.29 is 19.4 Å². The molecule has 2 aromatic carbocycles. The Morgan fingerprint density at radius 3 is 2.05 bits per heavy atom. The van der Waals surface area contributed by atoms with Crippen molar-refractivity contribution >= 4 is 40.7 Å². The van der Waals surface area contributed by atoms with E-state index in [-0.39, 0.29) is 11.3 Å². The lowest BCUT2D eigenvalue weighted by atomic mass is 9.95. The Balaban J connectivity index is 1.77. The second kappa shape index (κ2) is 14.4. The number of carbonyl (C=O) groups is 2. The molecule has 1 atom stereocenters. The fourth-order valence-corrected chi connectivity index (χ4v) is 5.34. The topological polar surface area (TPSA) is 66.8 Å². The third-order valence-electron chi connectivity index (χ3n) is 6.91. The zero-order valence-corrected chi connectivity index (χ0v) is 23.3. The molecule has 1 N–H and O–H groups in total. The molecule has 200 valence electrons. The van der Waals surface area contributed by atoms with Gasteiger partial charge in [-0.25, -0.2) is 0 Å². The van der Waals surface area contributed by atoms with Crippen LogP contribution in [-0.4, -0.2) is 35.4 Å². The molecule has 1 aliphatic heterocycles. The monoisotopic (exact) mass is 545 g/mol. The Morgan fingerprint density at radius 2 is 1.49 bits per heavy atom. The van der Waals surface area contributed by atoms with Crippen LogP contribution in [0.25, 0.3) is 5.76 Å². The van der Waals surface area contributed by atoms with Crippen LogP contribution in [0.1, 0.15) is 88.3 Å². The van der Waals surface area contributed by atoms with Crippen molar-refractivity contribution in [2.75, 3.05) is 13.7 Å². The number of halogens is 2. The molecule has 0 aliphatic carbocycles. The highest BCUT2D eigenvalue weighted by Gasteiger charge is 2.46. The molecule has 0 spiro atoms. The lowest BCUT2D eigenvalue weighted by Gasteiger charge is -2.26. The van der Waals surface area contributed by atoms with Crippen LogP contribution in [0.3, 0.4) is 0 Å². The third-order valence-corrected chi connectivity index (χ3v) is 7.48. The first-order chi connectivity index (χ1) is 17.9. The number of unbranched alkanes of at least 4 members (excludes halogenated alkanes) is 9. The number of amides is 1. The number of carbonyl (C=O) groups excluding carboxylic acids is 2. The van der Waals surface area contributed by atoms with E-state index in [1.807, 2.05) is 0 Å². The summed E-state index contributed by atoms with van der Waals surface area (Å²) in [4.78, 5) is 27.9.